The van der Waals surface area contributed by atoms with Crippen LogP contribution in [0.25, 0.3) is 0 Å². The van der Waals surface area contributed by atoms with Gasteiger partial charge < -0.3 is 20.5 Å². The van der Waals surface area contributed by atoms with Crippen LogP contribution in [0.3, 0.4) is 0 Å². The fourth-order valence-corrected chi connectivity index (χ4v) is 2.96. The van der Waals surface area contributed by atoms with Crippen LogP contribution in [0.5, 0.6) is 0 Å². The Morgan fingerprint density at radius 3 is 2.50 bits per heavy atom. The molecule has 114 valence electrons. The van der Waals surface area contributed by atoms with Crippen LogP contribution in [0.15, 0.2) is 0 Å². The van der Waals surface area contributed by atoms with E-state index >= 15 is 0 Å². The van der Waals surface area contributed by atoms with Crippen LogP contribution >= 0.6 is 0 Å². The van der Waals surface area contributed by atoms with Crippen molar-refractivity contribution in [1.29, 1.82) is 0 Å². The van der Waals surface area contributed by atoms with Crippen molar-refractivity contribution in [2.24, 2.45) is 11.7 Å². The van der Waals surface area contributed by atoms with E-state index in [1.54, 1.807) is 20.8 Å². The molecule has 2 saturated heterocycles. The van der Waals surface area contributed by atoms with Crippen molar-refractivity contribution >= 4 is 12.1 Å². The molecule has 0 spiro atoms. The van der Waals surface area contributed by atoms with Gasteiger partial charge in [-0.3, -0.25) is 4.90 Å². The van der Waals surface area contributed by atoms with Gasteiger partial charge in [0.2, 0.25) is 0 Å². The number of fused-ring (bicyclic) bond motifs is 1. The molecule has 0 unspecified atom stereocenters. The van der Waals surface area contributed by atoms with Crippen LogP contribution in [0.2, 0.25) is 0 Å². The van der Waals surface area contributed by atoms with Crippen LogP contribution in [0, 0.1) is 5.92 Å². The Morgan fingerprint density at radius 1 is 1.30 bits per heavy atom. The van der Waals surface area contributed by atoms with E-state index < -0.39 is 29.7 Å². The monoisotopic (exact) mass is 285 g/mol. The smallest absolute Gasteiger partial charge is 0.411 e. The van der Waals surface area contributed by atoms with E-state index in [4.69, 9.17) is 15.2 Å². The lowest BCUT2D eigenvalue weighted by molar-refractivity contribution is -0.146. The number of methoxy groups -OCH3 is 1. The number of hydrogen-bond acceptors (Lipinski definition) is 6. The van der Waals surface area contributed by atoms with E-state index in [1.807, 2.05) is 0 Å². The number of esters is 1. The molecule has 3 N–H and O–H groups in total. The number of rotatable bonds is 1. The van der Waals surface area contributed by atoms with E-state index in [-0.39, 0.29) is 12.0 Å². The number of nitrogens with zero attached hydrogens (tertiary/aromatic N) is 1. The highest BCUT2D eigenvalue weighted by Gasteiger charge is 2.55. The van der Waals surface area contributed by atoms with Crippen LogP contribution in [-0.2, 0) is 14.3 Å². The van der Waals surface area contributed by atoms with E-state index in [0.29, 0.717) is 13.1 Å². The highest BCUT2D eigenvalue weighted by Crippen LogP contribution is 2.33. The molecule has 0 aromatic rings. The minimum Gasteiger partial charge on any atom is -0.467 e. The number of ether oxygens (including phenoxy) is 2. The van der Waals surface area contributed by atoms with Crippen LogP contribution in [-0.4, -0.2) is 60.9 Å². The van der Waals surface area contributed by atoms with E-state index in [2.05, 4.69) is 5.32 Å². The van der Waals surface area contributed by atoms with Gasteiger partial charge in [0.1, 0.15) is 11.6 Å². The fourth-order valence-electron chi connectivity index (χ4n) is 2.96. The summed E-state index contributed by atoms with van der Waals surface area (Å²) in [6.07, 6.45) is -0.514. The highest BCUT2D eigenvalue weighted by molar-refractivity contribution is 5.83. The quantitative estimate of drug-likeness (QED) is 0.642. The average Bonchev–Trinajstić information content (AvgIpc) is 2.88. The lowest BCUT2D eigenvalue weighted by Gasteiger charge is -2.31. The molecule has 2 rings (SSSR count). The van der Waals surface area contributed by atoms with Gasteiger partial charge in [-0.1, -0.05) is 0 Å². The molecule has 2 heterocycles. The highest BCUT2D eigenvalue weighted by atomic mass is 16.6. The summed E-state index contributed by atoms with van der Waals surface area (Å²) in [4.78, 5) is 25.8. The first-order valence-electron chi connectivity index (χ1n) is 6.81. The first kappa shape index (κ1) is 15.1. The summed E-state index contributed by atoms with van der Waals surface area (Å²) in [5.74, 6) is -0.440. The third kappa shape index (κ3) is 2.60. The lowest BCUT2D eigenvalue weighted by atomic mass is 9.97. The number of nitrogens with one attached hydrogen (secondary N) is 1. The largest absolute Gasteiger partial charge is 0.467 e. The zero-order valence-electron chi connectivity index (χ0n) is 12.4. The van der Waals surface area contributed by atoms with Gasteiger partial charge >= 0.3 is 12.1 Å². The van der Waals surface area contributed by atoms with Gasteiger partial charge in [-0.25, -0.2) is 9.59 Å². The van der Waals surface area contributed by atoms with Gasteiger partial charge in [0.15, 0.2) is 0 Å². The minimum absolute atomic E-state index is 0.0478. The molecule has 0 bridgehead atoms. The Hall–Kier alpha value is -1.34. The van der Waals surface area contributed by atoms with Crippen molar-refractivity contribution in [1.82, 2.24) is 10.2 Å². The van der Waals surface area contributed by atoms with Crippen molar-refractivity contribution in [2.45, 2.75) is 44.5 Å². The predicted molar refractivity (Wildman–Crippen MR) is 72.0 cm³/mol. The molecule has 0 radical (unpaired) electrons. The van der Waals surface area contributed by atoms with Gasteiger partial charge in [-0.2, -0.15) is 0 Å². The van der Waals surface area contributed by atoms with E-state index in [0.717, 1.165) is 0 Å². The molecule has 2 fully saturated rings. The summed E-state index contributed by atoms with van der Waals surface area (Å²) < 4.78 is 10.2. The minimum atomic E-state index is -0.771. The van der Waals surface area contributed by atoms with Crippen molar-refractivity contribution < 1.29 is 19.1 Å². The zero-order valence-corrected chi connectivity index (χ0v) is 12.4. The number of carbonyl (C=O) groups is 2. The third-order valence-corrected chi connectivity index (χ3v) is 3.79. The standard InChI is InChI=1S/C13H23N3O4/c1-13(2,3)20-12(18)16-8-6-15-5-7(8)9(14)10(16)11(17)19-4/h7-10,15H,5-6,14H2,1-4H3/t7-,8+,9-,10+/m0/s1. The third-order valence-electron chi connectivity index (χ3n) is 3.79. The first-order chi connectivity index (χ1) is 9.26. The van der Waals surface area contributed by atoms with Gasteiger partial charge in [-0.15, -0.1) is 0 Å². The summed E-state index contributed by atoms with van der Waals surface area (Å²) in [7, 11) is 1.30. The second-order valence-electron chi connectivity index (χ2n) is 6.32. The average molecular weight is 285 g/mol. The molecule has 0 aliphatic carbocycles. The van der Waals surface area contributed by atoms with Crippen LogP contribution in [0.4, 0.5) is 4.79 Å². The van der Waals surface area contributed by atoms with Crippen LogP contribution in [0.1, 0.15) is 20.8 Å². The second kappa shape index (κ2) is 5.21. The maximum atomic E-state index is 12.4. The molecule has 0 aromatic heterocycles. The second-order valence-corrected chi connectivity index (χ2v) is 6.32. The number of hydrogen-bond donors (Lipinski definition) is 2. The Kier molecular flexibility index (Phi) is 3.93. The van der Waals surface area contributed by atoms with Crippen molar-refractivity contribution in [3.63, 3.8) is 0 Å². The van der Waals surface area contributed by atoms with Crippen molar-refractivity contribution in [3.05, 3.63) is 0 Å². The maximum absolute atomic E-state index is 12.4. The molecule has 0 saturated carbocycles. The molecule has 1 amide bonds. The number of likely N-dealkylation sites (tertiary alicyclic amines) is 1. The SMILES string of the molecule is COC(=O)[C@H]1[C@@H](N)[C@H]2CNC[C@H]2N1C(=O)OC(C)(C)C. The molecular weight excluding hydrogens is 262 g/mol. The van der Waals surface area contributed by atoms with Crippen molar-refractivity contribution in [2.75, 3.05) is 20.2 Å². The van der Waals surface area contributed by atoms with Crippen molar-refractivity contribution in [3.8, 4) is 0 Å². The summed E-state index contributed by atoms with van der Waals surface area (Å²) in [5, 5.41) is 3.20. The molecule has 20 heavy (non-hydrogen) atoms. The summed E-state index contributed by atoms with van der Waals surface area (Å²) >= 11 is 0. The zero-order chi connectivity index (χ0) is 15.1. The molecule has 7 nitrogen and oxygen atoms in total. The first-order valence-corrected chi connectivity index (χ1v) is 6.81. The molecular formula is C13H23N3O4. The molecule has 2 aliphatic heterocycles. The topological polar surface area (TPSA) is 93.9 Å². The van der Waals surface area contributed by atoms with E-state index in [9.17, 15) is 9.59 Å². The van der Waals surface area contributed by atoms with Gasteiger partial charge in [-0.05, 0) is 20.8 Å². The summed E-state index contributed by atoms with van der Waals surface area (Å²) in [6.45, 7) is 6.68. The van der Waals surface area contributed by atoms with E-state index in [1.165, 1.54) is 12.0 Å². The number of amides is 1. The molecule has 2 aliphatic rings. The fraction of sp³-hybridized carbons (Fsp3) is 0.846. The molecule has 0 aromatic carbocycles. The predicted octanol–water partition coefficient (Wildman–Crippen LogP) is -0.306. The number of carbonyl (C=O) groups excluding carboxylic acids is 2. The van der Waals surface area contributed by atoms with Crippen LogP contribution < -0.4 is 11.1 Å². The normalized spacial score (nSPS) is 33.0. The Bertz CT molecular complexity index is 407. The Labute approximate surface area is 118 Å². The van der Waals surface area contributed by atoms with Gasteiger partial charge in [0, 0.05) is 25.0 Å². The lowest BCUT2D eigenvalue weighted by Crippen LogP contribution is -2.53. The Morgan fingerprint density at radius 2 is 1.95 bits per heavy atom. The maximum Gasteiger partial charge on any atom is 0.411 e. The molecule has 7 heteroatoms. The Balaban J connectivity index is 2.25. The summed E-state index contributed by atoms with van der Waals surface area (Å²) in [6, 6.07) is -1.33. The van der Waals surface area contributed by atoms with Gasteiger partial charge in [0.05, 0.1) is 13.2 Å². The summed E-state index contributed by atoms with van der Waals surface area (Å²) in [5.41, 5.74) is 5.52. The van der Waals surface area contributed by atoms with Gasteiger partial charge in [0.25, 0.3) is 0 Å². The molecule has 4 atom stereocenters. The number of nitrogens with two attached hydrogens (primary N) is 1.